The maximum atomic E-state index is 13.5. The maximum Gasteiger partial charge on any atom is 0.270 e. The number of carbonyl (C=O) groups is 1. The van der Waals surface area contributed by atoms with Crippen molar-refractivity contribution in [3.8, 4) is 0 Å². The van der Waals surface area contributed by atoms with Gasteiger partial charge in [-0.3, -0.25) is 14.9 Å². The molecule has 1 fully saturated rings. The molecule has 1 aliphatic heterocycles. The van der Waals surface area contributed by atoms with Gasteiger partial charge in [-0.1, -0.05) is 41.9 Å². The first-order valence-electron chi connectivity index (χ1n) is 10.3. The molecule has 1 aliphatic carbocycles. The predicted molar refractivity (Wildman–Crippen MR) is 119 cm³/mol. The Labute approximate surface area is 180 Å². The Hall–Kier alpha value is -2.92. The second-order valence-electron chi connectivity index (χ2n) is 7.71. The van der Waals surface area contributed by atoms with Gasteiger partial charge in [0.2, 0.25) is 0 Å². The molecule has 0 spiro atoms. The summed E-state index contributed by atoms with van der Waals surface area (Å²) in [4.78, 5) is 26.5. The van der Waals surface area contributed by atoms with E-state index >= 15 is 0 Å². The van der Waals surface area contributed by atoms with E-state index in [0.717, 1.165) is 49.2 Å². The highest BCUT2D eigenvalue weighted by atomic mass is 35.5. The van der Waals surface area contributed by atoms with E-state index in [2.05, 4.69) is 23.1 Å². The zero-order chi connectivity index (χ0) is 21.1. The van der Waals surface area contributed by atoms with Gasteiger partial charge in [0.1, 0.15) is 0 Å². The van der Waals surface area contributed by atoms with Crippen molar-refractivity contribution in [2.75, 3.05) is 13.1 Å². The molecule has 0 amide bonds. The summed E-state index contributed by atoms with van der Waals surface area (Å²) in [5.74, 6) is -0.208. The predicted octanol–water partition coefficient (Wildman–Crippen LogP) is 6.05. The Morgan fingerprint density at radius 1 is 1.03 bits per heavy atom. The molecular formula is C24H23ClN2O3. The van der Waals surface area contributed by atoms with Gasteiger partial charge in [0.05, 0.1) is 9.95 Å². The van der Waals surface area contributed by atoms with Crippen molar-refractivity contribution in [2.24, 2.45) is 0 Å². The molecule has 0 radical (unpaired) electrons. The number of carbonyl (C=O) groups excluding carboxylic acids is 1. The van der Waals surface area contributed by atoms with Gasteiger partial charge in [0.15, 0.2) is 5.78 Å². The average Bonchev–Trinajstić information content (AvgIpc) is 3.18. The van der Waals surface area contributed by atoms with Gasteiger partial charge >= 0.3 is 0 Å². The zero-order valence-corrected chi connectivity index (χ0v) is 17.4. The third-order valence-electron chi connectivity index (χ3n) is 5.73. The molecule has 0 bridgehead atoms. The van der Waals surface area contributed by atoms with Crippen LogP contribution in [0.2, 0.25) is 5.02 Å². The largest absolute Gasteiger partial charge is 0.371 e. The van der Waals surface area contributed by atoms with Crippen LogP contribution in [0.3, 0.4) is 0 Å². The maximum absolute atomic E-state index is 13.5. The molecule has 0 saturated carbocycles. The Kier molecular flexibility index (Phi) is 6.00. The Morgan fingerprint density at radius 3 is 2.47 bits per heavy atom. The fourth-order valence-corrected chi connectivity index (χ4v) is 4.48. The lowest BCUT2D eigenvalue weighted by molar-refractivity contribution is -0.384. The molecule has 1 saturated heterocycles. The number of rotatable bonds is 5. The van der Waals surface area contributed by atoms with Gasteiger partial charge in [-0.05, 0) is 55.4 Å². The summed E-state index contributed by atoms with van der Waals surface area (Å²) in [6.45, 7) is 1.84. The van der Waals surface area contributed by atoms with E-state index in [-0.39, 0.29) is 22.1 Å². The minimum Gasteiger partial charge on any atom is -0.371 e. The lowest BCUT2D eigenvalue weighted by Crippen LogP contribution is -2.30. The van der Waals surface area contributed by atoms with Gasteiger partial charge < -0.3 is 4.90 Å². The molecule has 0 aromatic heterocycles. The van der Waals surface area contributed by atoms with Crippen LogP contribution in [0.1, 0.15) is 48.0 Å². The summed E-state index contributed by atoms with van der Waals surface area (Å²) in [5, 5.41) is 11.4. The van der Waals surface area contributed by atoms with Gasteiger partial charge in [-0.25, -0.2) is 0 Å². The molecule has 0 unspecified atom stereocenters. The number of non-ortho nitro benzene ring substituents is 1. The highest BCUT2D eigenvalue weighted by Gasteiger charge is 2.31. The molecule has 30 heavy (non-hydrogen) atoms. The van der Waals surface area contributed by atoms with Crippen molar-refractivity contribution in [1.29, 1.82) is 0 Å². The minimum absolute atomic E-state index is 0.124. The summed E-state index contributed by atoms with van der Waals surface area (Å²) in [6.07, 6.45) is 6.93. The van der Waals surface area contributed by atoms with Crippen LogP contribution in [0.15, 0.2) is 65.4 Å². The number of piperidine rings is 1. The van der Waals surface area contributed by atoms with E-state index in [9.17, 15) is 14.9 Å². The number of nitro benzene ring substituents is 1. The van der Waals surface area contributed by atoms with Crippen LogP contribution in [0.5, 0.6) is 0 Å². The van der Waals surface area contributed by atoms with Crippen LogP contribution < -0.4 is 0 Å². The standard InChI is InChI=1S/C24H23ClN2O3/c25-22-12-10-19(27(29)30)16-21(22)24(28)20-11-9-18(15-17-7-3-1-4-8-17)23(20)26-13-5-2-6-14-26/h1,3-4,7-8,10,12,15-16H,2,5-6,9,11,13-14H2/b18-15+. The van der Waals surface area contributed by atoms with Crippen LogP contribution in [0.4, 0.5) is 5.69 Å². The van der Waals surface area contributed by atoms with Crippen LogP contribution >= 0.6 is 11.6 Å². The first-order valence-corrected chi connectivity index (χ1v) is 10.6. The van der Waals surface area contributed by atoms with E-state index < -0.39 is 4.92 Å². The smallest absolute Gasteiger partial charge is 0.270 e. The number of hydrogen-bond acceptors (Lipinski definition) is 4. The van der Waals surface area contributed by atoms with Gasteiger partial charge in [-0.2, -0.15) is 0 Å². The summed E-state index contributed by atoms with van der Waals surface area (Å²) in [5.41, 5.74) is 4.03. The molecule has 2 aliphatic rings. The molecular weight excluding hydrogens is 400 g/mol. The van der Waals surface area contributed by atoms with Crippen molar-refractivity contribution in [1.82, 2.24) is 4.90 Å². The number of Topliss-reactive ketones (excluding diaryl/α,β-unsaturated/α-hetero) is 1. The molecule has 1 heterocycles. The summed E-state index contributed by atoms with van der Waals surface area (Å²) >= 11 is 6.28. The van der Waals surface area contributed by atoms with Gasteiger partial charge in [0, 0.05) is 42.1 Å². The summed E-state index contributed by atoms with van der Waals surface area (Å²) in [6, 6.07) is 14.1. The molecule has 5 nitrogen and oxygen atoms in total. The van der Waals surface area contributed by atoms with E-state index in [1.54, 1.807) is 0 Å². The van der Waals surface area contributed by atoms with E-state index in [4.69, 9.17) is 11.6 Å². The highest BCUT2D eigenvalue weighted by Crippen LogP contribution is 2.39. The summed E-state index contributed by atoms with van der Waals surface area (Å²) < 4.78 is 0. The Balaban J connectivity index is 1.79. The van der Waals surface area contributed by atoms with E-state index in [0.29, 0.717) is 12.0 Å². The monoisotopic (exact) mass is 422 g/mol. The molecule has 2 aromatic rings. The Morgan fingerprint density at radius 2 is 1.77 bits per heavy atom. The van der Waals surface area contributed by atoms with Crippen molar-refractivity contribution in [3.05, 3.63) is 91.6 Å². The molecule has 4 rings (SSSR count). The lowest BCUT2D eigenvalue weighted by atomic mass is 9.99. The van der Waals surface area contributed by atoms with E-state index in [1.165, 1.54) is 24.6 Å². The van der Waals surface area contributed by atoms with Gasteiger partial charge in [-0.15, -0.1) is 0 Å². The highest BCUT2D eigenvalue weighted by molar-refractivity contribution is 6.35. The Bertz CT molecular complexity index is 1040. The van der Waals surface area contributed by atoms with Crippen molar-refractivity contribution in [2.45, 2.75) is 32.1 Å². The van der Waals surface area contributed by atoms with Crippen LogP contribution in [0.25, 0.3) is 6.08 Å². The van der Waals surface area contributed by atoms with Crippen molar-refractivity contribution >= 4 is 29.1 Å². The first kappa shape index (κ1) is 20.4. The quantitative estimate of drug-likeness (QED) is 0.334. The number of ketones is 1. The fraction of sp³-hybridized carbons (Fsp3) is 0.292. The fourth-order valence-electron chi connectivity index (χ4n) is 4.28. The van der Waals surface area contributed by atoms with E-state index in [1.807, 2.05) is 18.2 Å². The first-order chi connectivity index (χ1) is 14.5. The molecule has 154 valence electrons. The topological polar surface area (TPSA) is 63.5 Å². The number of allylic oxidation sites excluding steroid dienone is 2. The van der Waals surface area contributed by atoms with Crippen molar-refractivity contribution < 1.29 is 9.72 Å². The SMILES string of the molecule is O=C(C1=C(N2CCCCC2)/C(=C/c2ccccc2)CC1)c1cc([N+](=O)[O-])ccc1Cl. The molecule has 0 atom stereocenters. The number of hydrogen-bond donors (Lipinski definition) is 0. The van der Waals surface area contributed by atoms with Crippen LogP contribution in [0, 0.1) is 10.1 Å². The number of likely N-dealkylation sites (tertiary alicyclic amines) is 1. The number of nitro groups is 1. The van der Waals surface area contributed by atoms with Gasteiger partial charge in [0.25, 0.3) is 5.69 Å². The van der Waals surface area contributed by atoms with Crippen LogP contribution in [-0.2, 0) is 0 Å². The minimum atomic E-state index is -0.498. The number of halogens is 1. The molecule has 2 aromatic carbocycles. The zero-order valence-electron chi connectivity index (χ0n) is 16.6. The second kappa shape index (κ2) is 8.84. The summed E-state index contributed by atoms with van der Waals surface area (Å²) in [7, 11) is 0. The lowest BCUT2D eigenvalue weighted by Gasteiger charge is -2.31. The molecule has 6 heteroatoms. The van der Waals surface area contributed by atoms with Crippen LogP contribution in [-0.4, -0.2) is 28.7 Å². The normalized spacial score (nSPS) is 18.2. The third kappa shape index (κ3) is 4.17. The van der Waals surface area contributed by atoms with Crippen molar-refractivity contribution in [3.63, 3.8) is 0 Å². The average molecular weight is 423 g/mol. The molecule has 0 N–H and O–H groups in total. The third-order valence-corrected chi connectivity index (χ3v) is 6.06. The second-order valence-corrected chi connectivity index (χ2v) is 8.11. The number of nitrogens with zero attached hydrogens (tertiary/aromatic N) is 2. The number of benzene rings is 2.